The van der Waals surface area contributed by atoms with Crippen LogP contribution in [0.4, 0.5) is 0 Å². The molecular formula is C18H20O2. The molecule has 2 N–H and O–H groups in total. The number of hydrogen-bond donors (Lipinski definition) is 2. The fraction of sp³-hybridized carbons (Fsp3) is 0.444. The van der Waals surface area contributed by atoms with E-state index in [0.29, 0.717) is 29.3 Å². The van der Waals surface area contributed by atoms with Crippen LogP contribution in [0.2, 0.25) is 0 Å². The molecule has 1 fully saturated rings. The first kappa shape index (κ1) is 12.1. The predicted octanol–water partition coefficient (Wildman–Crippen LogP) is 4.42. The molecule has 0 heterocycles. The highest BCUT2D eigenvalue weighted by Gasteiger charge is 2.47. The maximum absolute atomic E-state index is 10.8. The molecule has 2 bridgehead atoms. The zero-order valence-electron chi connectivity index (χ0n) is 12.0. The molecule has 3 unspecified atom stereocenters. The summed E-state index contributed by atoms with van der Waals surface area (Å²) in [6, 6.07) is 5.95. The third-order valence-corrected chi connectivity index (χ3v) is 5.62. The van der Waals surface area contributed by atoms with Gasteiger partial charge in [0, 0.05) is 21.9 Å². The lowest BCUT2D eigenvalue weighted by atomic mass is 9.86. The van der Waals surface area contributed by atoms with Gasteiger partial charge in [-0.15, -0.1) is 0 Å². The van der Waals surface area contributed by atoms with E-state index in [2.05, 4.69) is 13.8 Å². The average Bonchev–Trinajstić information content (AvgIpc) is 2.97. The van der Waals surface area contributed by atoms with E-state index in [0.717, 1.165) is 46.7 Å². The Balaban J connectivity index is 2.15. The Kier molecular flexibility index (Phi) is 2.36. The molecule has 4 rings (SSSR count). The first-order valence-corrected chi connectivity index (χ1v) is 7.64. The molecule has 2 heteroatoms. The Morgan fingerprint density at radius 2 is 1.70 bits per heavy atom. The Labute approximate surface area is 119 Å². The number of phenolic OH excluding ortho intramolecular Hbond substituents is 2. The lowest BCUT2D eigenvalue weighted by Gasteiger charge is -2.21. The number of rotatable bonds is 1. The van der Waals surface area contributed by atoms with Crippen molar-refractivity contribution in [3.63, 3.8) is 0 Å². The summed E-state index contributed by atoms with van der Waals surface area (Å²) in [6.45, 7) is 4.35. The molecule has 1 saturated carbocycles. The van der Waals surface area contributed by atoms with E-state index in [1.807, 2.05) is 18.2 Å². The van der Waals surface area contributed by atoms with Crippen LogP contribution in [0.25, 0.3) is 10.8 Å². The smallest absolute Gasteiger partial charge is 0.127 e. The standard InChI is InChI=1S/C18H20O2/c1-3-10-5-4-6-13-14(10)18(20)16-12-8-7-11(9(12)2)15(16)17(13)19/h4-6,9,11-12,19-20H,3,7-8H2,1-2H3. The number of aryl methyl sites for hydroxylation is 1. The van der Waals surface area contributed by atoms with Crippen LogP contribution in [-0.4, -0.2) is 10.2 Å². The molecule has 2 nitrogen and oxygen atoms in total. The highest BCUT2D eigenvalue weighted by molar-refractivity contribution is 5.98. The summed E-state index contributed by atoms with van der Waals surface area (Å²) in [5.41, 5.74) is 3.19. The van der Waals surface area contributed by atoms with Crippen molar-refractivity contribution in [2.45, 2.75) is 44.9 Å². The Bertz CT molecular complexity index is 717. The van der Waals surface area contributed by atoms with Crippen molar-refractivity contribution in [1.82, 2.24) is 0 Å². The molecule has 2 aromatic rings. The summed E-state index contributed by atoms with van der Waals surface area (Å²) in [5, 5.41) is 23.3. The third kappa shape index (κ3) is 1.25. The molecule has 2 aliphatic carbocycles. The summed E-state index contributed by atoms with van der Waals surface area (Å²) < 4.78 is 0. The molecule has 0 aliphatic heterocycles. The van der Waals surface area contributed by atoms with Crippen molar-refractivity contribution in [2.75, 3.05) is 0 Å². The lowest BCUT2D eigenvalue weighted by molar-refractivity contribution is 0.451. The zero-order valence-corrected chi connectivity index (χ0v) is 12.0. The molecular weight excluding hydrogens is 248 g/mol. The zero-order chi connectivity index (χ0) is 14.0. The minimum absolute atomic E-state index is 0.419. The first-order chi connectivity index (χ1) is 9.65. The molecule has 0 saturated heterocycles. The summed E-state index contributed by atoms with van der Waals surface area (Å²) in [6.07, 6.45) is 3.16. The molecule has 0 aromatic heterocycles. The molecule has 3 atom stereocenters. The fourth-order valence-electron chi connectivity index (χ4n) is 4.64. The van der Waals surface area contributed by atoms with E-state index in [9.17, 15) is 10.2 Å². The van der Waals surface area contributed by atoms with Gasteiger partial charge in [-0.3, -0.25) is 0 Å². The second kappa shape index (κ2) is 3.91. The van der Waals surface area contributed by atoms with Crippen molar-refractivity contribution >= 4 is 10.8 Å². The largest absolute Gasteiger partial charge is 0.507 e. The van der Waals surface area contributed by atoms with Crippen molar-refractivity contribution < 1.29 is 10.2 Å². The van der Waals surface area contributed by atoms with Crippen LogP contribution < -0.4 is 0 Å². The van der Waals surface area contributed by atoms with Crippen LogP contribution in [-0.2, 0) is 6.42 Å². The van der Waals surface area contributed by atoms with Gasteiger partial charge >= 0.3 is 0 Å². The van der Waals surface area contributed by atoms with E-state index in [1.165, 1.54) is 0 Å². The molecule has 2 aliphatic rings. The summed E-state index contributed by atoms with van der Waals surface area (Å²) in [4.78, 5) is 0. The van der Waals surface area contributed by atoms with Crippen LogP contribution >= 0.6 is 0 Å². The average molecular weight is 268 g/mol. The second-order valence-electron chi connectivity index (χ2n) is 6.37. The van der Waals surface area contributed by atoms with Crippen LogP contribution in [0.15, 0.2) is 18.2 Å². The predicted molar refractivity (Wildman–Crippen MR) is 80.5 cm³/mol. The van der Waals surface area contributed by atoms with Gasteiger partial charge in [-0.05, 0) is 42.6 Å². The summed E-state index contributed by atoms with van der Waals surface area (Å²) in [7, 11) is 0. The fourth-order valence-corrected chi connectivity index (χ4v) is 4.64. The van der Waals surface area contributed by atoms with Crippen LogP contribution in [0.1, 0.15) is 55.2 Å². The van der Waals surface area contributed by atoms with Gasteiger partial charge in [-0.25, -0.2) is 0 Å². The maximum atomic E-state index is 10.8. The van der Waals surface area contributed by atoms with Gasteiger partial charge in [0.25, 0.3) is 0 Å². The van der Waals surface area contributed by atoms with E-state index >= 15 is 0 Å². The van der Waals surface area contributed by atoms with Crippen molar-refractivity contribution in [3.05, 3.63) is 34.9 Å². The summed E-state index contributed by atoms with van der Waals surface area (Å²) in [5.74, 6) is 2.25. The topological polar surface area (TPSA) is 40.5 Å². The third-order valence-electron chi connectivity index (χ3n) is 5.62. The van der Waals surface area contributed by atoms with Gasteiger partial charge in [-0.2, -0.15) is 0 Å². The number of phenols is 2. The molecule has 2 aromatic carbocycles. The van der Waals surface area contributed by atoms with E-state index in [1.54, 1.807) is 0 Å². The first-order valence-electron chi connectivity index (χ1n) is 7.64. The number of aromatic hydroxyl groups is 2. The van der Waals surface area contributed by atoms with E-state index in [-0.39, 0.29) is 0 Å². The van der Waals surface area contributed by atoms with Gasteiger partial charge in [0.2, 0.25) is 0 Å². The van der Waals surface area contributed by atoms with Gasteiger partial charge in [0.1, 0.15) is 11.5 Å². The minimum atomic E-state index is 0.419. The van der Waals surface area contributed by atoms with E-state index in [4.69, 9.17) is 0 Å². The highest BCUT2D eigenvalue weighted by Crippen LogP contribution is 2.63. The quantitative estimate of drug-likeness (QED) is 0.751. The number of hydrogen-bond acceptors (Lipinski definition) is 2. The SMILES string of the molecule is CCc1cccc2c(O)c3c(c(O)c12)C1CCC3C1C. The number of benzene rings is 2. The van der Waals surface area contributed by atoms with E-state index < -0.39 is 0 Å². The molecule has 0 spiro atoms. The highest BCUT2D eigenvalue weighted by atomic mass is 16.3. The van der Waals surface area contributed by atoms with Crippen molar-refractivity contribution in [3.8, 4) is 11.5 Å². The molecule has 0 radical (unpaired) electrons. The Hall–Kier alpha value is -1.70. The molecule has 0 amide bonds. The van der Waals surface area contributed by atoms with Crippen LogP contribution in [0.3, 0.4) is 0 Å². The monoisotopic (exact) mass is 268 g/mol. The Morgan fingerprint density at radius 1 is 1.05 bits per heavy atom. The molecule has 20 heavy (non-hydrogen) atoms. The van der Waals surface area contributed by atoms with Crippen LogP contribution in [0, 0.1) is 5.92 Å². The van der Waals surface area contributed by atoms with Gasteiger partial charge in [-0.1, -0.05) is 32.0 Å². The molecule has 104 valence electrons. The summed E-state index contributed by atoms with van der Waals surface area (Å²) >= 11 is 0. The van der Waals surface area contributed by atoms with Gasteiger partial charge in [0.05, 0.1) is 0 Å². The normalized spacial score (nSPS) is 27.2. The van der Waals surface area contributed by atoms with Gasteiger partial charge in [0.15, 0.2) is 0 Å². The minimum Gasteiger partial charge on any atom is -0.507 e. The Morgan fingerprint density at radius 3 is 2.35 bits per heavy atom. The van der Waals surface area contributed by atoms with Crippen molar-refractivity contribution in [1.29, 1.82) is 0 Å². The van der Waals surface area contributed by atoms with Crippen molar-refractivity contribution in [2.24, 2.45) is 5.92 Å². The number of fused-ring (bicyclic) bond motifs is 6. The lowest BCUT2D eigenvalue weighted by Crippen LogP contribution is -2.00. The van der Waals surface area contributed by atoms with Crippen LogP contribution in [0.5, 0.6) is 11.5 Å². The van der Waals surface area contributed by atoms with Gasteiger partial charge < -0.3 is 10.2 Å². The second-order valence-corrected chi connectivity index (χ2v) is 6.37. The maximum Gasteiger partial charge on any atom is 0.127 e.